The van der Waals surface area contributed by atoms with E-state index in [1.165, 1.54) is 18.2 Å². The van der Waals surface area contributed by atoms with E-state index in [1.807, 2.05) is 48.5 Å². The van der Waals surface area contributed by atoms with E-state index in [2.05, 4.69) is 0 Å². The number of carbonyl (C=O) groups excluding carboxylic acids is 1. The van der Waals surface area contributed by atoms with Crippen LogP contribution in [0.1, 0.15) is 34.9 Å². The molecule has 3 aromatic carbocycles. The lowest BCUT2D eigenvalue weighted by atomic mass is 9.89. The van der Waals surface area contributed by atoms with E-state index < -0.39 is 36.1 Å². The highest BCUT2D eigenvalue weighted by Gasteiger charge is 2.34. The van der Waals surface area contributed by atoms with Gasteiger partial charge in [-0.25, -0.2) is 4.39 Å². The Bertz CT molecular complexity index is 1080. The minimum Gasteiger partial charge on any atom is -0.481 e. The van der Waals surface area contributed by atoms with Crippen LogP contribution in [-0.4, -0.2) is 29.7 Å². The van der Waals surface area contributed by atoms with Crippen LogP contribution in [0.15, 0.2) is 72.8 Å². The van der Waals surface area contributed by atoms with Crippen molar-refractivity contribution in [2.75, 3.05) is 6.61 Å². The number of aliphatic carboxylic acids is 1. The molecule has 1 aliphatic carbocycles. The summed E-state index contributed by atoms with van der Waals surface area (Å²) in [6.07, 6.45) is -0.483. The van der Waals surface area contributed by atoms with Gasteiger partial charge in [0.2, 0.25) is 0 Å². The summed E-state index contributed by atoms with van der Waals surface area (Å²) in [7, 11) is 0. The topological polar surface area (TPSA) is 89.6 Å². The maximum atomic E-state index is 14.4. The van der Waals surface area contributed by atoms with Crippen molar-refractivity contribution in [3.8, 4) is 11.1 Å². The van der Waals surface area contributed by atoms with Gasteiger partial charge in [-0.05, 0) is 28.3 Å². The highest BCUT2D eigenvalue weighted by atomic mass is 19.1. The van der Waals surface area contributed by atoms with E-state index in [4.69, 9.17) is 15.6 Å². The monoisotopic (exact) mass is 419 g/mol. The Labute approximate surface area is 179 Å². The SMILES string of the molecule is N[C@@H](CC(=O)O)C(C(=O)OCC1c2ccccc2-c2ccccc21)c1ccccc1F. The number of carbonyl (C=O) groups is 2. The quantitative estimate of drug-likeness (QED) is 0.564. The summed E-state index contributed by atoms with van der Waals surface area (Å²) in [5.41, 5.74) is 10.3. The zero-order valence-corrected chi connectivity index (χ0v) is 16.7. The fourth-order valence-electron chi connectivity index (χ4n) is 4.27. The van der Waals surface area contributed by atoms with Crippen molar-refractivity contribution >= 4 is 11.9 Å². The molecule has 0 aliphatic heterocycles. The molecule has 0 radical (unpaired) electrons. The number of nitrogens with two attached hydrogens (primary N) is 1. The van der Waals surface area contributed by atoms with Crippen LogP contribution >= 0.6 is 0 Å². The molecule has 31 heavy (non-hydrogen) atoms. The predicted molar refractivity (Wildman–Crippen MR) is 114 cm³/mol. The average Bonchev–Trinajstić information content (AvgIpc) is 3.07. The molecule has 4 rings (SSSR count). The van der Waals surface area contributed by atoms with Crippen molar-refractivity contribution in [1.82, 2.24) is 0 Å². The average molecular weight is 419 g/mol. The summed E-state index contributed by atoms with van der Waals surface area (Å²) >= 11 is 0. The minimum absolute atomic E-state index is 0.0356. The minimum atomic E-state index is -1.22. The normalized spacial score (nSPS) is 14.4. The van der Waals surface area contributed by atoms with Crippen molar-refractivity contribution in [2.45, 2.75) is 24.3 Å². The molecule has 1 aliphatic rings. The summed E-state index contributed by atoms with van der Waals surface area (Å²) in [6, 6.07) is 20.5. The largest absolute Gasteiger partial charge is 0.481 e. The molecular weight excluding hydrogens is 397 g/mol. The van der Waals surface area contributed by atoms with Gasteiger partial charge in [-0.3, -0.25) is 9.59 Å². The number of ether oxygens (including phenoxy) is 1. The van der Waals surface area contributed by atoms with Crippen molar-refractivity contribution < 1.29 is 23.8 Å². The number of hydrogen-bond donors (Lipinski definition) is 2. The van der Waals surface area contributed by atoms with Crippen LogP contribution in [0, 0.1) is 5.82 Å². The Kier molecular flexibility index (Phi) is 5.82. The third-order valence-corrected chi connectivity index (χ3v) is 5.69. The van der Waals surface area contributed by atoms with Crippen molar-refractivity contribution in [1.29, 1.82) is 0 Å². The molecule has 3 aromatic rings. The number of carboxylic acid groups (broad SMARTS) is 1. The molecule has 6 heteroatoms. The van der Waals surface area contributed by atoms with Crippen LogP contribution in [0.2, 0.25) is 0 Å². The fourth-order valence-corrected chi connectivity index (χ4v) is 4.27. The fraction of sp³-hybridized carbons (Fsp3) is 0.200. The van der Waals surface area contributed by atoms with Crippen LogP contribution in [0.5, 0.6) is 0 Å². The van der Waals surface area contributed by atoms with Crippen LogP contribution in [-0.2, 0) is 14.3 Å². The number of carboxylic acids is 1. The van der Waals surface area contributed by atoms with Crippen LogP contribution < -0.4 is 5.73 Å². The first-order valence-corrected chi connectivity index (χ1v) is 10.0. The number of rotatable bonds is 7. The van der Waals surface area contributed by atoms with E-state index in [-0.39, 0.29) is 18.1 Å². The predicted octanol–water partition coefficient (Wildman–Crippen LogP) is 4.07. The standard InChI is InChI=1S/C25H22FNO4/c26-21-12-6-5-11-19(21)24(22(27)13-23(28)29)25(30)31-14-20-17-9-3-1-7-15(17)16-8-2-4-10-18(16)20/h1-12,20,22,24H,13-14,27H2,(H,28,29)/t22-,24?/m0/s1. The molecule has 0 spiro atoms. The molecule has 2 atom stereocenters. The lowest BCUT2D eigenvalue weighted by molar-refractivity contribution is -0.147. The van der Waals surface area contributed by atoms with Gasteiger partial charge in [-0.15, -0.1) is 0 Å². The summed E-state index contributed by atoms with van der Waals surface area (Å²) in [5, 5.41) is 9.13. The van der Waals surface area contributed by atoms with Crippen LogP contribution in [0.4, 0.5) is 4.39 Å². The molecule has 5 nitrogen and oxygen atoms in total. The molecule has 0 aromatic heterocycles. The second-order valence-corrected chi connectivity index (χ2v) is 7.62. The van der Waals surface area contributed by atoms with Gasteiger partial charge in [0, 0.05) is 17.5 Å². The van der Waals surface area contributed by atoms with E-state index >= 15 is 0 Å². The first-order valence-electron chi connectivity index (χ1n) is 10.0. The number of halogens is 1. The molecule has 0 fully saturated rings. The number of hydrogen-bond acceptors (Lipinski definition) is 4. The Balaban J connectivity index is 1.60. The Morgan fingerprint density at radius 2 is 1.48 bits per heavy atom. The first-order chi connectivity index (χ1) is 15.0. The van der Waals surface area contributed by atoms with Gasteiger partial charge in [0.05, 0.1) is 6.42 Å². The molecule has 0 heterocycles. The van der Waals surface area contributed by atoms with Gasteiger partial charge < -0.3 is 15.6 Å². The van der Waals surface area contributed by atoms with Crippen LogP contribution in [0.25, 0.3) is 11.1 Å². The molecular formula is C25H22FNO4. The summed E-state index contributed by atoms with van der Waals surface area (Å²) < 4.78 is 20.1. The van der Waals surface area contributed by atoms with E-state index in [0.29, 0.717) is 0 Å². The van der Waals surface area contributed by atoms with Gasteiger partial charge in [-0.1, -0.05) is 66.7 Å². The molecule has 0 saturated carbocycles. The van der Waals surface area contributed by atoms with Gasteiger partial charge >= 0.3 is 11.9 Å². The maximum absolute atomic E-state index is 14.4. The highest BCUT2D eigenvalue weighted by Crippen LogP contribution is 2.44. The summed E-state index contributed by atoms with van der Waals surface area (Å²) in [6.45, 7) is 0.0532. The molecule has 0 saturated heterocycles. The molecule has 158 valence electrons. The molecule has 0 amide bonds. The van der Waals surface area contributed by atoms with E-state index in [9.17, 15) is 14.0 Å². The first kappa shape index (κ1) is 20.8. The van der Waals surface area contributed by atoms with Crippen molar-refractivity contribution in [3.63, 3.8) is 0 Å². The van der Waals surface area contributed by atoms with Crippen LogP contribution in [0.3, 0.4) is 0 Å². The summed E-state index contributed by atoms with van der Waals surface area (Å²) in [4.78, 5) is 24.2. The third-order valence-electron chi connectivity index (χ3n) is 5.69. The van der Waals surface area contributed by atoms with E-state index in [1.54, 1.807) is 6.07 Å². The smallest absolute Gasteiger partial charge is 0.315 e. The van der Waals surface area contributed by atoms with Gasteiger partial charge in [0.1, 0.15) is 18.3 Å². The Morgan fingerprint density at radius 1 is 0.935 bits per heavy atom. The Hall–Kier alpha value is -3.51. The zero-order valence-electron chi connectivity index (χ0n) is 16.7. The Morgan fingerprint density at radius 3 is 2.06 bits per heavy atom. The lowest BCUT2D eigenvalue weighted by Gasteiger charge is -2.23. The second-order valence-electron chi connectivity index (χ2n) is 7.62. The summed E-state index contributed by atoms with van der Waals surface area (Å²) in [5.74, 6) is -3.90. The van der Waals surface area contributed by atoms with Gasteiger partial charge in [0.25, 0.3) is 0 Å². The second kappa shape index (κ2) is 8.70. The zero-order chi connectivity index (χ0) is 22.0. The van der Waals surface area contributed by atoms with Gasteiger partial charge in [-0.2, -0.15) is 0 Å². The van der Waals surface area contributed by atoms with E-state index in [0.717, 1.165) is 22.3 Å². The van der Waals surface area contributed by atoms with Crippen molar-refractivity contribution in [2.24, 2.45) is 5.73 Å². The highest BCUT2D eigenvalue weighted by molar-refractivity contribution is 5.82. The van der Waals surface area contributed by atoms with Crippen molar-refractivity contribution in [3.05, 3.63) is 95.3 Å². The lowest BCUT2D eigenvalue weighted by Crippen LogP contribution is -2.37. The number of fused-ring (bicyclic) bond motifs is 3. The number of esters is 1. The van der Waals surface area contributed by atoms with Gasteiger partial charge in [0.15, 0.2) is 0 Å². The third kappa shape index (κ3) is 4.07. The molecule has 3 N–H and O–H groups in total. The molecule has 0 bridgehead atoms. The number of benzene rings is 3. The maximum Gasteiger partial charge on any atom is 0.315 e. The molecule has 1 unspecified atom stereocenters.